The number of carbonyl (C=O) groups excluding carboxylic acids is 1. The Morgan fingerprint density at radius 2 is 2.27 bits per heavy atom. The molecule has 1 aromatic rings. The van der Waals surface area contributed by atoms with Crippen molar-refractivity contribution in [1.82, 2.24) is 4.90 Å². The molecule has 118 valence electrons. The molecule has 8 heteroatoms. The number of likely N-dealkylation sites (N-methyl/N-ethyl adjacent to an activating group) is 1. The third-order valence-electron chi connectivity index (χ3n) is 3.56. The van der Waals surface area contributed by atoms with Crippen LogP contribution in [0.3, 0.4) is 0 Å². The molecule has 1 aliphatic rings. The number of rotatable bonds is 4. The summed E-state index contributed by atoms with van der Waals surface area (Å²) in [5, 5.41) is 9.00. The Bertz CT molecular complexity index is 727. The molecule has 1 heterocycles. The van der Waals surface area contributed by atoms with Crippen LogP contribution in [0, 0.1) is 11.3 Å². The zero-order valence-electron chi connectivity index (χ0n) is 12.0. The van der Waals surface area contributed by atoms with Gasteiger partial charge in [-0.25, -0.2) is 8.42 Å². The predicted octanol–water partition coefficient (Wildman–Crippen LogP) is 1.24. The van der Waals surface area contributed by atoms with Crippen molar-refractivity contribution in [3.8, 4) is 11.8 Å². The lowest BCUT2D eigenvalue weighted by atomic mass is 10.2. The molecule has 0 saturated carbocycles. The van der Waals surface area contributed by atoms with Crippen LogP contribution in [-0.4, -0.2) is 50.4 Å². The minimum Gasteiger partial charge on any atom is -0.482 e. The van der Waals surface area contributed by atoms with Gasteiger partial charge in [0.15, 0.2) is 16.4 Å². The van der Waals surface area contributed by atoms with Crippen LogP contribution in [0.2, 0.25) is 5.02 Å². The van der Waals surface area contributed by atoms with Crippen molar-refractivity contribution in [2.75, 3.05) is 25.2 Å². The quantitative estimate of drug-likeness (QED) is 0.821. The van der Waals surface area contributed by atoms with Crippen LogP contribution >= 0.6 is 11.6 Å². The summed E-state index contributed by atoms with van der Waals surface area (Å²) in [6.45, 7) is -0.237. The van der Waals surface area contributed by atoms with Crippen LogP contribution < -0.4 is 4.74 Å². The van der Waals surface area contributed by atoms with E-state index in [1.54, 1.807) is 13.1 Å². The summed E-state index contributed by atoms with van der Waals surface area (Å²) in [7, 11) is -1.47. The Hall–Kier alpha value is -1.78. The highest BCUT2D eigenvalue weighted by atomic mass is 35.5. The Morgan fingerprint density at radius 3 is 2.82 bits per heavy atom. The van der Waals surface area contributed by atoms with Crippen molar-refractivity contribution < 1.29 is 17.9 Å². The van der Waals surface area contributed by atoms with Crippen molar-refractivity contribution in [1.29, 1.82) is 5.26 Å². The maximum Gasteiger partial charge on any atom is 0.260 e. The molecule has 0 bridgehead atoms. The molecule has 1 saturated heterocycles. The van der Waals surface area contributed by atoms with E-state index < -0.39 is 9.84 Å². The second kappa shape index (κ2) is 6.55. The number of sulfone groups is 1. The Labute approximate surface area is 134 Å². The summed E-state index contributed by atoms with van der Waals surface area (Å²) < 4.78 is 28.2. The molecule has 22 heavy (non-hydrogen) atoms. The molecule has 1 aliphatic heterocycles. The average molecular weight is 343 g/mol. The van der Waals surface area contributed by atoms with Gasteiger partial charge in [0.25, 0.3) is 5.91 Å². The highest BCUT2D eigenvalue weighted by Crippen LogP contribution is 2.25. The third kappa shape index (κ3) is 3.90. The maximum absolute atomic E-state index is 12.1. The number of amides is 1. The minimum absolute atomic E-state index is 0.00708. The minimum atomic E-state index is -3.04. The normalized spacial score (nSPS) is 19.4. The van der Waals surface area contributed by atoms with Gasteiger partial charge in [0.2, 0.25) is 0 Å². The van der Waals surface area contributed by atoms with Crippen molar-refractivity contribution in [2.24, 2.45) is 0 Å². The van der Waals surface area contributed by atoms with Crippen molar-refractivity contribution in [3.63, 3.8) is 0 Å². The van der Waals surface area contributed by atoms with Gasteiger partial charge in [0.05, 0.1) is 28.2 Å². The first-order valence-electron chi connectivity index (χ1n) is 6.61. The van der Waals surface area contributed by atoms with E-state index in [0.717, 1.165) is 0 Å². The van der Waals surface area contributed by atoms with Crippen LogP contribution in [0.4, 0.5) is 0 Å². The van der Waals surface area contributed by atoms with Gasteiger partial charge in [-0.15, -0.1) is 0 Å². The zero-order chi connectivity index (χ0) is 16.3. The largest absolute Gasteiger partial charge is 0.482 e. The SMILES string of the molecule is CN(C(=O)COc1ccc(C#N)cc1Cl)[C@H]1CCS(=O)(=O)C1. The number of ether oxygens (including phenoxy) is 1. The number of nitriles is 1. The fourth-order valence-electron chi connectivity index (χ4n) is 2.21. The summed E-state index contributed by atoms with van der Waals surface area (Å²) in [6, 6.07) is 6.16. The van der Waals surface area contributed by atoms with Crippen LogP contribution in [0.1, 0.15) is 12.0 Å². The molecule has 1 atom stereocenters. The van der Waals surface area contributed by atoms with Gasteiger partial charge in [-0.2, -0.15) is 5.26 Å². The van der Waals surface area contributed by atoms with Gasteiger partial charge in [-0.1, -0.05) is 11.6 Å². The Morgan fingerprint density at radius 1 is 1.55 bits per heavy atom. The first kappa shape index (κ1) is 16.6. The molecule has 1 amide bonds. The van der Waals surface area contributed by atoms with Gasteiger partial charge in [-0.3, -0.25) is 4.79 Å². The van der Waals surface area contributed by atoms with Gasteiger partial charge in [0.1, 0.15) is 5.75 Å². The second-order valence-corrected chi connectivity index (χ2v) is 7.74. The first-order chi connectivity index (χ1) is 10.3. The van der Waals surface area contributed by atoms with Gasteiger partial charge >= 0.3 is 0 Å². The fraction of sp³-hybridized carbons (Fsp3) is 0.429. The molecule has 0 spiro atoms. The molecule has 0 N–H and O–H groups in total. The third-order valence-corrected chi connectivity index (χ3v) is 5.61. The average Bonchev–Trinajstić information content (AvgIpc) is 2.84. The Balaban J connectivity index is 1.94. The van der Waals surface area contributed by atoms with E-state index >= 15 is 0 Å². The smallest absolute Gasteiger partial charge is 0.260 e. The van der Waals surface area contributed by atoms with E-state index in [2.05, 4.69) is 0 Å². The molecular weight excluding hydrogens is 328 g/mol. The van der Waals surface area contributed by atoms with Crippen LogP contribution in [0.25, 0.3) is 0 Å². The van der Waals surface area contributed by atoms with Gasteiger partial charge in [-0.05, 0) is 24.6 Å². The number of benzene rings is 1. The molecule has 1 aromatic carbocycles. The monoisotopic (exact) mass is 342 g/mol. The van der Waals surface area contributed by atoms with E-state index in [1.165, 1.54) is 17.0 Å². The van der Waals surface area contributed by atoms with E-state index in [1.807, 2.05) is 6.07 Å². The van der Waals surface area contributed by atoms with Crippen molar-refractivity contribution >= 4 is 27.3 Å². The zero-order valence-corrected chi connectivity index (χ0v) is 13.5. The Kier molecular flexibility index (Phi) is 4.94. The van der Waals surface area contributed by atoms with Crippen molar-refractivity contribution in [2.45, 2.75) is 12.5 Å². The number of halogens is 1. The first-order valence-corrected chi connectivity index (χ1v) is 8.81. The number of nitrogens with zero attached hydrogens (tertiary/aromatic N) is 2. The van der Waals surface area contributed by atoms with E-state index in [-0.39, 0.29) is 35.1 Å². The molecular formula is C14H15ClN2O4S. The van der Waals surface area contributed by atoms with Crippen molar-refractivity contribution in [3.05, 3.63) is 28.8 Å². The summed E-state index contributed by atoms with van der Waals surface area (Å²) in [6.07, 6.45) is 0.447. The maximum atomic E-state index is 12.1. The molecule has 1 fully saturated rings. The molecule has 2 rings (SSSR count). The van der Waals surface area contributed by atoms with Crippen LogP contribution in [0.5, 0.6) is 5.75 Å². The van der Waals surface area contributed by atoms with Gasteiger partial charge < -0.3 is 9.64 Å². The predicted molar refractivity (Wildman–Crippen MR) is 81.5 cm³/mol. The standard InChI is InChI=1S/C14H15ClN2O4S/c1-17(11-4-5-22(19,20)9-11)14(18)8-21-13-3-2-10(7-16)6-12(13)15/h2-3,6,11H,4-5,8-9H2,1H3/t11-/m0/s1. The summed E-state index contributed by atoms with van der Waals surface area (Å²) in [5.74, 6) is 0.0914. The highest BCUT2D eigenvalue weighted by molar-refractivity contribution is 7.91. The fourth-order valence-corrected chi connectivity index (χ4v) is 4.22. The lowest BCUT2D eigenvalue weighted by Gasteiger charge is -2.23. The lowest BCUT2D eigenvalue weighted by molar-refractivity contribution is -0.133. The molecule has 0 aromatic heterocycles. The summed E-state index contributed by atoms with van der Waals surface area (Å²) >= 11 is 5.96. The molecule has 0 radical (unpaired) electrons. The number of carbonyl (C=O) groups is 1. The van der Waals surface area contributed by atoms with E-state index in [9.17, 15) is 13.2 Å². The summed E-state index contributed by atoms with van der Waals surface area (Å²) in [5.41, 5.74) is 0.400. The topological polar surface area (TPSA) is 87.5 Å². The number of hydrogen-bond donors (Lipinski definition) is 0. The van der Waals surface area contributed by atoms with E-state index in [0.29, 0.717) is 17.7 Å². The van der Waals surface area contributed by atoms with Crippen LogP contribution in [0.15, 0.2) is 18.2 Å². The molecule has 6 nitrogen and oxygen atoms in total. The number of hydrogen-bond acceptors (Lipinski definition) is 5. The summed E-state index contributed by atoms with van der Waals surface area (Å²) in [4.78, 5) is 13.5. The van der Waals surface area contributed by atoms with Crippen LogP contribution in [-0.2, 0) is 14.6 Å². The lowest BCUT2D eigenvalue weighted by Crippen LogP contribution is -2.40. The highest BCUT2D eigenvalue weighted by Gasteiger charge is 2.32. The molecule has 0 aliphatic carbocycles. The van der Waals surface area contributed by atoms with E-state index in [4.69, 9.17) is 21.6 Å². The van der Waals surface area contributed by atoms with Gasteiger partial charge in [0, 0.05) is 13.1 Å². The molecule has 0 unspecified atom stereocenters. The second-order valence-electron chi connectivity index (χ2n) is 5.11.